The van der Waals surface area contributed by atoms with E-state index in [9.17, 15) is 0 Å². The Morgan fingerprint density at radius 1 is 1.45 bits per heavy atom. The van der Waals surface area contributed by atoms with Crippen molar-refractivity contribution in [1.82, 2.24) is 5.32 Å². The van der Waals surface area contributed by atoms with Crippen molar-refractivity contribution in [2.45, 2.75) is 38.8 Å². The van der Waals surface area contributed by atoms with Gasteiger partial charge in [-0.15, -0.1) is 6.42 Å². The van der Waals surface area contributed by atoms with Gasteiger partial charge in [-0.3, -0.25) is 5.32 Å². The number of rotatable bonds is 5. The van der Waals surface area contributed by atoms with Crippen LogP contribution in [0.4, 0.5) is 0 Å². The number of aliphatic hydroxyl groups is 1. The van der Waals surface area contributed by atoms with Crippen LogP contribution in [0.25, 0.3) is 0 Å². The largest absolute Gasteiger partial charge is 0.395 e. The highest BCUT2D eigenvalue weighted by Gasteiger charge is 2.07. The summed E-state index contributed by atoms with van der Waals surface area (Å²) < 4.78 is 0. The van der Waals surface area contributed by atoms with Crippen LogP contribution in [0.2, 0.25) is 0 Å². The summed E-state index contributed by atoms with van der Waals surface area (Å²) >= 11 is 0. The van der Waals surface area contributed by atoms with Gasteiger partial charge in [0.25, 0.3) is 0 Å². The summed E-state index contributed by atoms with van der Waals surface area (Å²) in [4.78, 5) is 0. The third kappa shape index (κ3) is 4.02. The van der Waals surface area contributed by atoms with E-state index in [-0.39, 0.29) is 18.7 Å². The Labute approximate surface area is 69.0 Å². The summed E-state index contributed by atoms with van der Waals surface area (Å²) in [7, 11) is 0. The molecule has 2 heteroatoms. The number of nitrogens with one attached hydrogen (secondary N) is 1. The molecule has 0 aromatic carbocycles. The molecule has 11 heavy (non-hydrogen) atoms. The first-order chi connectivity index (χ1) is 5.28. The van der Waals surface area contributed by atoms with Crippen LogP contribution in [-0.2, 0) is 0 Å². The van der Waals surface area contributed by atoms with E-state index in [4.69, 9.17) is 11.5 Å². The summed E-state index contributed by atoms with van der Waals surface area (Å²) in [6.07, 6.45) is 7.07. The molecule has 2 N–H and O–H groups in total. The number of aliphatic hydroxyl groups excluding tert-OH is 1. The zero-order valence-corrected chi connectivity index (χ0v) is 7.30. The van der Waals surface area contributed by atoms with E-state index in [1.165, 1.54) is 0 Å². The van der Waals surface area contributed by atoms with Crippen LogP contribution in [0.1, 0.15) is 26.7 Å². The topological polar surface area (TPSA) is 32.3 Å². The zero-order valence-electron chi connectivity index (χ0n) is 7.30. The Bertz CT molecular complexity index is 124. The van der Waals surface area contributed by atoms with Gasteiger partial charge >= 0.3 is 0 Å². The molecule has 0 aromatic rings. The van der Waals surface area contributed by atoms with E-state index >= 15 is 0 Å². The van der Waals surface area contributed by atoms with Crippen molar-refractivity contribution in [3.63, 3.8) is 0 Å². The zero-order chi connectivity index (χ0) is 8.69. The molecule has 0 radical (unpaired) electrons. The molecule has 2 unspecified atom stereocenters. The van der Waals surface area contributed by atoms with Gasteiger partial charge in [0.2, 0.25) is 0 Å². The first kappa shape index (κ1) is 10.5. The van der Waals surface area contributed by atoms with Crippen molar-refractivity contribution in [2.24, 2.45) is 0 Å². The molecule has 0 aliphatic carbocycles. The third-order valence-corrected chi connectivity index (χ3v) is 1.76. The van der Waals surface area contributed by atoms with Gasteiger partial charge in [-0.1, -0.05) is 19.8 Å². The fraction of sp³-hybridized carbons (Fsp3) is 0.778. The Balaban J connectivity index is 3.70. The predicted octanol–water partition coefficient (Wildman–Crippen LogP) is 0.759. The van der Waals surface area contributed by atoms with Gasteiger partial charge in [0.1, 0.15) is 0 Å². The molecule has 0 saturated heterocycles. The van der Waals surface area contributed by atoms with Crippen molar-refractivity contribution < 1.29 is 5.11 Å². The molecular weight excluding hydrogens is 138 g/mol. The highest BCUT2D eigenvalue weighted by Crippen LogP contribution is 1.94. The lowest BCUT2D eigenvalue weighted by atomic mass is 10.1. The monoisotopic (exact) mass is 155 g/mol. The van der Waals surface area contributed by atoms with Crippen molar-refractivity contribution in [1.29, 1.82) is 0 Å². The molecule has 0 aromatic heterocycles. The van der Waals surface area contributed by atoms with Gasteiger partial charge in [0, 0.05) is 6.04 Å². The molecule has 0 heterocycles. The minimum atomic E-state index is 0.104. The first-order valence-electron chi connectivity index (χ1n) is 4.11. The number of hydrogen-bond acceptors (Lipinski definition) is 2. The maximum atomic E-state index is 8.83. The Hall–Kier alpha value is -0.520. The number of terminal acetylenes is 1. The van der Waals surface area contributed by atoms with Crippen LogP contribution in [0.15, 0.2) is 0 Å². The van der Waals surface area contributed by atoms with Crippen molar-refractivity contribution in [3.8, 4) is 12.3 Å². The average Bonchev–Trinajstić information content (AvgIpc) is 2.07. The minimum absolute atomic E-state index is 0.104. The van der Waals surface area contributed by atoms with Gasteiger partial charge in [-0.25, -0.2) is 0 Å². The molecular formula is C9H17NO. The van der Waals surface area contributed by atoms with Crippen LogP contribution in [-0.4, -0.2) is 23.8 Å². The predicted molar refractivity (Wildman–Crippen MR) is 47.2 cm³/mol. The van der Waals surface area contributed by atoms with Crippen molar-refractivity contribution in [2.75, 3.05) is 6.61 Å². The molecule has 0 bridgehead atoms. The summed E-state index contributed by atoms with van der Waals surface area (Å²) in [5, 5.41) is 12.0. The van der Waals surface area contributed by atoms with E-state index in [0.717, 1.165) is 12.8 Å². The molecule has 0 saturated carbocycles. The lowest BCUT2D eigenvalue weighted by molar-refractivity contribution is 0.233. The fourth-order valence-electron chi connectivity index (χ4n) is 0.868. The fourth-order valence-corrected chi connectivity index (χ4v) is 0.868. The maximum absolute atomic E-state index is 8.83. The quantitative estimate of drug-likeness (QED) is 0.574. The van der Waals surface area contributed by atoms with E-state index < -0.39 is 0 Å². The molecule has 0 amide bonds. The van der Waals surface area contributed by atoms with E-state index in [2.05, 4.69) is 11.2 Å². The first-order valence-corrected chi connectivity index (χ1v) is 4.11. The lowest BCUT2D eigenvalue weighted by Crippen LogP contribution is -2.39. The van der Waals surface area contributed by atoms with Gasteiger partial charge in [-0.05, 0) is 12.8 Å². The molecule has 0 rings (SSSR count). The Morgan fingerprint density at radius 2 is 2.09 bits per heavy atom. The Morgan fingerprint density at radius 3 is 2.36 bits per heavy atom. The lowest BCUT2D eigenvalue weighted by Gasteiger charge is -2.18. The second-order valence-electron chi connectivity index (χ2n) is 2.58. The van der Waals surface area contributed by atoms with Gasteiger partial charge < -0.3 is 5.11 Å². The molecule has 0 fully saturated rings. The molecule has 0 aliphatic heterocycles. The molecule has 2 nitrogen and oxygen atoms in total. The molecule has 64 valence electrons. The van der Waals surface area contributed by atoms with Crippen LogP contribution < -0.4 is 5.32 Å². The van der Waals surface area contributed by atoms with Crippen molar-refractivity contribution in [3.05, 3.63) is 0 Å². The summed E-state index contributed by atoms with van der Waals surface area (Å²) in [6.45, 7) is 4.22. The van der Waals surface area contributed by atoms with Crippen LogP contribution in [0.3, 0.4) is 0 Å². The highest BCUT2D eigenvalue weighted by molar-refractivity contribution is 4.98. The maximum Gasteiger partial charge on any atom is 0.0687 e. The average molecular weight is 155 g/mol. The second kappa shape index (κ2) is 6.21. The highest BCUT2D eigenvalue weighted by atomic mass is 16.3. The number of hydrogen-bond donors (Lipinski definition) is 2. The van der Waals surface area contributed by atoms with Gasteiger partial charge in [0.05, 0.1) is 12.6 Å². The molecule has 0 aliphatic rings. The van der Waals surface area contributed by atoms with Gasteiger partial charge in [0.15, 0.2) is 0 Å². The smallest absolute Gasteiger partial charge is 0.0687 e. The van der Waals surface area contributed by atoms with Crippen molar-refractivity contribution >= 4 is 0 Å². The standard InChI is InChI=1S/C9H17NO/c1-4-8(5-2)10-9(6-3)7-11/h1,8-11H,5-7H2,2-3H3. The molecule has 0 spiro atoms. The minimum Gasteiger partial charge on any atom is -0.395 e. The summed E-state index contributed by atoms with van der Waals surface area (Å²) in [5.74, 6) is 2.63. The second-order valence-corrected chi connectivity index (χ2v) is 2.58. The molecule has 2 atom stereocenters. The van der Waals surface area contributed by atoms with E-state index in [1.54, 1.807) is 0 Å². The Kier molecular flexibility index (Phi) is 5.91. The SMILES string of the molecule is C#CC(CC)NC(CC)CO. The summed E-state index contributed by atoms with van der Waals surface area (Å²) in [5.41, 5.74) is 0. The normalized spacial score (nSPS) is 15.5. The van der Waals surface area contributed by atoms with E-state index in [0.29, 0.717) is 0 Å². The van der Waals surface area contributed by atoms with E-state index in [1.807, 2.05) is 13.8 Å². The van der Waals surface area contributed by atoms with Crippen LogP contribution in [0.5, 0.6) is 0 Å². The van der Waals surface area contributed by atoms with Gasteiger partial charge in [-0.2, -0.15) is 0 Å². The van der Waals surface area contributed by atoms with Crippen LogP contribution in [0, 0.1) is 12.3 Å². The third-order valence-electron chi connectivity index (χ3n) is 1.76. The summed E-state index contributed by atoms with van der Waals surface area (Å²) in [6, 6.07) is 0.253. The van der Waals surface area contributed by atoms with Crippen LogP contribution >= 0.6 is 0 Å².